The van der Waals surface area contributed by atoms with E-state index in [2.05, 4.69) is 21.4 Å². The van der Waals surface area contributed by atoms with Crippen LogP contribution < -0.4 is 5.56 Å². The van der Waals surface area contributed by atoms with Gasteiger partial charge in [0.1, 0.15) is 5.82 Å². The fourth-order valence-electron chi connectivity index (χ4n) is 5.16. The quantitative estimate of drug-likeness (QED) is 0.540. The predicted octanol–water partition coefficient (Wildman–Crippen LogP) is 3.32. The number of fused-ring (bicyclic) bond motifs is 1. The van der Waals surface area contributed by atoms with Crippen molar-refractivity contribution in [3.8, 4) is 0 Å². The minimum absolute atomic E-state index is 0.0375. The van der Waals surface area contributed by atoms with E-state index in [1.54, 1.807) is 12.1 Å². The summed E-state index contributed by atoms with van der Waals surface area (Å²) < 4.78 is 12.9. The number of benzene rings is 1. The number of pyridine rings is 1. The highest BCUT2D eigenvalue weighted by Crippen LogP contribution is 2.29. The number of imidazole rings is 1. The number of H-pyrrole nitrogens is 1. The highest BCUT2D eigenvalue weighted by atomic mass is 16.5. The van der Waals surface area contributed by atoms with Gasteiger partial charge in [-0.3, -0.25) is 9.69 Å². The zero-order valence-electron chi connectivity index (χ0n) is 19.8. The molecule has 34 heavy (non-hydrogen) atoms. The van der Waals surface area contributed by atoms with Crippen molar-refractivity contribution in [1.29, 1.82) is 0 Å². The Kier molecular flexibility index (Phi) is 6.52. The van der Waals surface area contributed by atoms with E-state index >= 15 is 0 Å². The Hall–Kier alpha value is -2.97. The number of hydrogen-bond acceptors (Lipinski definition) is 6. The van der Waals surface area contributed by atoms with E-state index < -0.39 is 0 Å². The van der Waals surface area contributed by atoms with Crippen molar-refractivity contribution in [3.05, 3.63) is 63.8 Å². The van der Waals surface area contributed by atoms with Crippen molar-refractivity contribution in [3.63, 3.8) is 0 Å². The number of rotatable bonds is 7. The number of likely N-dealkylation sites (tertiary alicyclic amines) is 1. The SMILES string of the molecule is COC(=O)c1ccc2nc(CN3CCC(c4cccc(=O)[nH]4)CC3)n(CC(C)[C@@H]3CCO3)c2c1. The number of hydrogen-bond donors (Lipinski definition) is 1. The number of esters is 1. The van der Waals surface area contributed by atoms with E-state index in [0.29, 0.717) is 17.4 Å². The van der Waals surface area contributed by atoms with Gasteiger partial charge in [-0.15, -0.1) is 0 Å². The molecule has 3 aromatic rings. The van der Waals surface area contributed by atoms with Crippen molar-refractivity contribution in [1.82, 2.24) is 19.4 Å². The normalized spacial score (nSPS) is 20.2. The molecule has 5 rings (SSSR count). The Morgan fingerprint density at radius 3 is 2.71 bits per heavy atom. The van der Waals surface area contributed by atoms with Crippen LogP contribution in [0.5, 0.6) is 0 Å². The minimum atomic E-state index is -0.340. The van der Waals surface area contributed by atoms with Crippen LogP contribution in [0, 0.1) is 5.92 Å². The zero-order valence-corrected chi connectivity index (χ0v) is 19.8. The molecular weight excluding hydrogens is 432 g/mol. The summed E-state index contributed by atoms with van der Waals surface area (Å²) in [5.41, 5.74) is 3.38. The summed E-state index contributed by atoms with van der Waals surface area (Å²) in [4.78, 5) is 34.2. The lowest BCUT2D eigenvalue weighted by Crippen LogP contribution is -2.36. The van der Waals surface area contributed by atoms with Crippen molar-refractivity contribution in [2.45, 2.75) is 51.3 Å². The third-order valence-electron chi connectivity index (χ3n) is 7.27. The molecule has 2 saturated heterocycles. The van der Waals surface area contributed by atoms with Crippen LogP contribution in [0.2, 0.25) is 0 Å². The predicted molar refractivity (Wildman–Crippen MR) is 129 cm³/mol. The van der Waals surface area contributed by atoms with Gasteiger partial charge in [-0.05, 0) is 56.6 Å². The number of carbonyl (C=O) groups excluding carboxylic acids is 1. The molecule has 1 N–H and O–H groups in total. The summed E-state index contributed by atoms with van der Waals surface area (Å²) in [5, 5.41) is 0. The van der Waals surface area contributed by atoms with E-state index in [1.165, 1.54) is 7.11 Å². The number of aromatic amines is 1. The van der Waals surface area contributed by atoms with Crippen molar-refractivity contribution >= 4 is 17.0 Å². The molecule has 2 atom stereocenters. The number of piperidine rings is 1. The van der Waals surface area contributed by atoms with E-state index in [0.717, 1.165) is 74.6 Å². The zero-order chi connectivity index (χ0) is 23.7. The van der Waals surface area contributed by atoms with Gasteiger partial charge in [-0.2, -0.15) is 0 Å². The lowest BCUT2D eigenvalue weighted by atomic mass is 9.93. The number of carbonyl (C=O) groups is 1. The van der Waals surface area contributed by atoms with Gasteiger partial charge in [0.25, 0.3) is 0 Å². The van der Waals surface area contributed by atoms with Crippen molar-refractivity contribution in [2.24, 2.45) is 5.92 Å². The molecule has 2 fully saturated rings. The number of nitrogens with zero attached hydrogens (tertiary/aromatic N) is 3. The number of methoxy groups -OCH3 is 1. The van der Waals surface area contributed by atoms with Crippen LogP contribution in [0.3, 0.4) is 0 Å². The second-order valence-corrected chi connectivity index (χ2v) is 9.53. The Bertz CT molecular complexity index is 1220. The molecule has 0 spiro atoms. The first-order valence-corrected chi connectivity index (χ1v) is 12.1. The van der Waals surface area contributed by atoms with E-state index in [1.807, 2.05) is 24.3 Å². The topological polar surface area (TPSA) is 89.5 Å². The van der Waals surface area contributed by atoms with Crippen LogP contribution in [-0.4, -0.2) is 58.3 Å². The third-order valence-corrected chi connectivity index (χ3v) is 7.27. The Morgan fingerprint density at radius 2 is 2.03 bits per heavy atom. The van der Waals surface area contributed by atoms with Crippen LogP contribution in [0.25, 0.3) is 11.0 Å². The molecule has 2 aromatic heterocycles. The molecule has 180 valence electrons. The molecule has 0 amide bonds. The molecule has 1 unspecified atom stereocenters. The first-order valence-electron chi connectivity index (χ1n) is 12.1. The van der Waals surface area contributed by atoms with Crippen molar-refractivity contribution < 1.29 is 14.3 Å². The summed E-state index contributed by atoms with van der Waals surface area (Å²) >= 11 is 0. The molecule has 0 aliphatic carbocycles. The minimum Gasteiger partial charge on any atom is -0.465 e. The third kappa shape index (κ3) is 4.65. The fraction of sp³-hybridized carbons (Fsp3) is 0.500. The Morgan fingerprint density at radius 1 is 1.24 bits per heavy atom. The number of nitrogens with one attached hydrogen (secondary N) is 1. The maximum absolute atomic E-state index is 12.1. The van der Waals surface area contributed by atoms with Gasteiger partial charge < -0.3 is 19.0 Å². The average molecular weight is 465 g/mol. The Balaban J connectivity index is 1.36. The van der Waals surface area contributed by atoms with Gasteiger partial charge in [-0.25, -0.2) is 9.78 Å². The first kappa shape index (κ1) is 22.8. The summed E-state index contributed by atoms with van der Waals surface area (Å²) in [6.07, 6.45) is 3.36. The molecule has 0 radical (unpaired) electrons. The summed E-state index contributed by atoms with van der Waals surface area (Å²) in [6, 6.07) is 11.0. The molecule has 8 heteroatoms. The molecule has 0 bridgehead atoms. The van der Waals surface area contributed by atoms with Gasteiger partial charge in [0.05, 0.1) is 36.4 Å². The number of aromatic nitrogens is 3. The fourth-order valence-corrected chi connectivity index (χ4v) is 5.16. The van der Waals surface area contributed by atoms with E-state index in [9.17, 15) is 9.59 Å². The monoisotopic (exact) mass is 464 g/mol. The van der Waals surface area contributed by atoms with Crippen LogP contribution in [-0.2, 0) is 22.6 Å². The lowest BCUT2D eigenvalue weighted by molar-refractivity contribution is -0.0837. The standard InChI is InChI=1S/C26H32N4O4/c1-17(23-10-13-34-23)15-30-22-14-19(26(32)33-2)6-7-21(22)27-24(30)16-29-11-8-18(9-12-29)20-4-3-5-25(31)28-20/h3-7,14,17-18,23H,8-13,15-16H2,1-2H3,(H,28,31)/t17?,23-/m0/s1. The molecule has 2 aliphatic rings. The summed E-state index contributed by atoms with van der Waals surface area (Å²) in [6.45, 7) is 6.48. The second-order valence-electron chi connectivity index (χ2n) is 9.53. The number of ether oxygens (including phenoxy) is 2. The highest BCUT2D eigenvalue weighted by molar-refractivity contribution is 5.93. The van der Waals surface area contributed by atoms with Gasteiger partial charge in [0.15, 0.2) is 0 Å². The first-order chi connectivity index (χ1) is 16.5. The van der Waals surface area contributed by atoms with Gasteiger partial charge >= 0.3 is 5.97 Å². The van der Waals surface area contributed by atoms with Crippen LogP contribution in [0.1, 0.15) is 54.0 Å². The summed E-state index contributed by atoms with van der Waals surface area (Å²) in [5.74, 6) is 1.40. The molecular formula is C26H32N4O4. The molecule has 4 heterocycles. The van der Waals surface area contributed by atoms with Crippen LogP contribution in [0.15, 0.2) is 41.2 Å². The lowest BCUT2D eigenvalue weighted by Gasteiger charge is -2.33. The van der Waals surface area contributed by atoms with E-state index in [-0.39, 0.29) is 17.6 Å². The Labute approximate surface area is 198 Å². The molecule has 1 aromatic carbocycles. The summed E-state index contributed by atoms with van der Waals surface area (Å²) in [7, 11) is 1.40. The average Bonchev–Trinajstić information content (AvgIpc) is 3.14. The molecule has 8 nitrogen and oxygen atoms in total. The molecule has 0 saturated carbocycles. The van der Waals surface area contributed by atoms with Gasteiger partial charge in [-0.1, -0.05) is 13.0 Å². The van der Waals surface area contributed by atoms with E-state index in [4.69, 9.17) is 14.5 Å². The van der Waals surface area contributed by atoms with Gasteiger partial charge in [0.2, 0.25) is 5.56 Å². The maximum atomic E-state index is 12.1. The highest BCUT2D eigenvalue weighted by Gasteiger charge is 2.28. The second kappa shape index (κ2) is 9.72. The smallest absolute Gasteiger partial charge is 0.337 e. The maximum Gasteiger partial charge on any atom is 0.337 e. The van der Waals surface area contributed by atoms with Crippen molar-refractivity contribution in [2.75, 3.05) is 26.8 Å². The van der Waals surface area contributed by atoms with Crippen LogP contribution in [0.4, 0.5) is 0 Å². The molecule has 2 aliphatic heterocycles. The van der Waals surface area contributed by atoms with Crippen LogP contribution >= 0.6 is 0 Å². The van der Waals surface area contributed by atoms with Gasteiger partial charge in [0, 0.05) is 36.7 Å². The largest absolute Gasteiger partial charge is 0.465 e.